The molecule has 0 spiro atoms. The minimum atomic E-state index is -0.346. The molecule has 4 rings (SSSR count). The van der Waals surface area contributed by atoms with Gasteiger partial charge in [-0.2, -0.15) is 0 Å². The lowest BCUT2D eigenvalue weighted by Crippen LogP contribution is -2.51. The van der Waals surface area contributed by atoms with E-state index in [4.69, 9.17) is 0 Å². The number of carbonyl (C=O) groups is 3. The zero-order valence-corrected chi connectivity index (χ0v) is 16.3. The summed E-state index contributed by atoms with van der Waals surface area (Å²) < 4.78 is 1.45. The van der Waals surface area contributed by atoms with Crippen LogP contribution in [0, 0.1) is 12.8 Å². The van der Waals surface area contributed by atoms with Crippen LogP contribution >= 0.6 is 0 Å². The number of fused-ring (bicyclic) bond motifs is 4. The van der Waals surface area contributed by atoms with Crippen LogP contribution in [0.5, 0.6) is 0 Å². The molecule has 3 saturated heterocycles. The van der Waals surface area contributed by atoms with Crippen molar-refractivity contribution in [1.29, 1.82) is 0 Å². The largest absolute Gasteiger partial charge is 0.347 e. The molecule has 27 heavy (non-hydrogen) atoms. The highest BCUT2D eigenvalue weighted by atomic mass is 16.2. The molecule has 3 fully saturated rings. The highest BCUT2D eigenvalue weighted by Crippen LogP contribution is 2.29. The number of pyridine rings is 1. The van der Waals surface area contributed by atoms with E-state index in [1.807, 2.05) is 0 Å². The Hall–Kier alpha value is -2.64. The van der Waals surface area contributed by atoms with Crippen LogP contribution in [0.2, 0.25) is 0 Å². The molecule has 0 aromatic carbocycles. The number of hydrogen-bond acceptors (Lipinski definition) is 4. The molecule has 8 heteroatoms. The Labute approximate surface area is 158 Å². The van der Waals surface area contributed by atoms with Gasteiger partial charge in [0.1, 0.15) is 12.1 Å². The molecule has 0 radical (unpaired) electrons. The maximum Gasteiger partial charge on any atom is 0.263 e. The predicted octanol–water partition coefficient (Wildman–Crippen LogP) is -0.155. The zero-order valence-electron chi connectivity index (χ0n) is 16.3. The van der Waals surface area contributed by atoms with Crippen LogP contribution in [0.15, 0.2) is 16.9 Å². The number of aromatic nitrogens is 1. The fraction of sp³-hybridized carbons (Fsp3) is 0.579. The van der Waals surface area contributed by atoms with Gasteiger partial charge >= 0.3 is 0 Å². The van der Waals surface area contributed by atoms with Crippen LogP contribution < -0.4 is 5.56 Å². The first kappa shape index (κ1) is 19.1. The second kappa shape index (κ2) is 7.17. The first-order chi connectivity index (χ1) is 12.7. The van der Waals surface area contributed by atoms with Gasteiger partial charge in [-0.05, 0) is 31.9 Å². The second-order valence-electron chi connectivity index (χ2n) is 7.65. The molecular formula is C19H26N4O4. The van der Waals surface area contributed by atoms with Crippen molar-refractivity contribution in [1.82, 2.24) is 19.3 Å². The molecule has 1 aromatic rings. The van der Waals surface area contributed by atoms with Crippen molar-refractivity contribution >= 4 is 17.7 Å². The van der Waals surface area contributed by atoms with E-state index in [1.165, 1.54) is 9.47 Å². The number of piperidine rings is 1. The Balaban J connectivity index is 1.85. The minimum Gasteiger partial charge on any atom is -0.347 e. The van der Waals surface area contributed by atoms with E-state index in [-0.39, 0.29) is 53.9 Å². The number of nitrogens with zero attached hydrogens (tertiary/aromatic N) is 4. The van der Waals surface area contributed by atoms with Gasteiger partial charge in [0.2, 0.25) is 11.8 Å². The topological polar surface area (TPSA) is 82.9 Å². The monoisotopic (exact) mass is 374 g/mol. The van der Waals surface area contributed by atoms with Crippen LogP contribution in [0.1, 0.15) is 28.9 Å². The molecule has 0 saturated carbocycles. The molecule has 4 heterocycles. The average molecular weight is 374 g/mol. The van der Waals surface area contributed by atoms with Gasteiger partial charge < -0.3 is 19.3 Å². The fourth-order valence-corrected chi connectivity index (χ4v) is 3.76. The van der Waals surface area contributed by atoms with Gasteiger partial charge in [-0.25, -0.2) is 0 Å². The molecule has 3 aliphatic rings. The van der Waals surface area contributed by atoms with Gasteiger partial charge in [-0.1, -0.05) is 0 Å². The third kappa shape index (κ3) is 3.48. The summed E-state index contributed by atoms with van der Waals surface area (Å²) in [6.07, 6.45) is 1.46. The van der Waals surface area contributed by atoms with Crippen LogP contribution in [0.25, 0.3) is 0 Å². The maximum atomic E-state index is 13.0. The molecule has 3 aliphatic heterocycles. The van der Waals surface area contributed by atoms with Gasteiger partial charge in [-0.15, -0.1) is 0 Å². The van der Waals surface area contributed by atoms with Crippen molar-refractivity contribution in [2.24, 2.45) is 13.0 Å². The summed E-state index contributed by atoms with van der Waals surface area (Å²) in [6.45, 7) is 2.47. The van der Waals surface area contributed by atoms with E-state index < -0.39 is 0 Å². The summed E-state index contributed by atoms with van der Waals surface area (Å²) in [5.74, 6) is -0.882. The number of likely N-dealkylation sites (N-methyl/N-ethyl adjacent to an activating group) is 1. The smallest absolute Gasteiger partial charge is 0.263 e. The normalized spacial score (nSPS) is 22.0. The van der Waals surface area contributed by atoms with Crippen molar-refractivity contribution in [3.05, 3.63) is 33.7 Å². The van der Waals surface area contributed by atoms with Crippen molar-refractivity contribution in [2.45, 2.75) is 25.8 Å². The van der Waals surface area contributed by atoms with E-state index in [1.54, 1.807) is 50.0 Å². The summed E-state index contributed by atoms with van der Waals surface area (Å²) in [5, 5.41) is 0. The van der Waals surface area contributed by atoms with Gasteiger partial charge in [0, 0.05) is 46.0 Å². The quantitative estimate of drug-likeness (QED) is 0.736. The molecule has 2 bridgehead atoms. The Morgan fingerprint density at radius 1 is 1.15 bits per heavy atom. The minimum absolute atomic E-state index is 0.0291. The van der Waals surface area contributed by atoms with Crippen molar-refractivity contribution < 1.29 is 14.4 Å². The Kier molecular flexibility index (Phi) is 5.08. The summed E-state index contributed by atoms with van der Waals surface area (Å²) >= 11 is 0. The lowest BCUT2D eigenvalue weighted by Gasteiger charge is -2.35. The first-order valence-electron chi connectivity index (χ1n) is 9.17. The van der Waals surface area contributed by atoms with Gasteiger partial charge in [0.25, 0.3) is 11.5 Å². The molecule has 8 nitrogen and oxygen atoms in total. The number of aryl methyl sites for hydroxylation is 1. The summed E-state index contributed by atoms with van der Waals surface area (Å²) in [4.78, 5) is 55.0. The Morgan fingerprint density at radius 2 is 1.85 bits per heavy atom. The Bertz CT molecular complexity index is 845. The Morgan fingerprint density at radius 3 is 2.52 bits per heavy atom. The highest BCUT2D eigenvalue weighted by molar-refractivity contribution is 5.95. The van der Waals surface area contributed by atoms with E-state index in [0.717, 1.165) is 12.1 Å². The molecule has 3 amide bonds. The number of amides is 3. The van der Waals surface area contributed by atoms with E-state index >= 15 is 0 Å². The number of hydrogen-bond donors (Lipinski definition) is 0. The summed E-state index contributed by atoms with van der Waals surface area (Å²) in [6, 6.07) is 3.11. The lowest BCUT2D eigenvalue weighted by atomic mass is 9.94. The predicted molar refractivity (Wildman–Crippen MR) is 99.2 cm³/mol. The van der Waals surface area contributed by atoms with Gasteiger partial charge in [0.05, 0.1) is 5.92 Å². The second-order valence-corrected chi connectivity index (χ2v) is 7.65. The first-order valence-corrected chi connectivity index (χ1v) is 9.17. The molecule has 0 aliphatic carbocycles. The van der Waals surface area contributed by atoms with Crippen LogP contribution in [0.4, 0.5) is 0 Å². The highest BCUT2D eigenvalue weighted by Gasteiger charge is 2.43. The molecule has 2 atom stereocenters. The van der Waals surface area contributed by atoms with Gasteiger partial charge in [0.15, 0.2) is 0 Å². The van der Waals surface area contributed by atoms with Crippen molar-refractivity contribution in [3.63, 3.8) is 0 Å². The lowest BCUT2D eigenvalue weighted by molar-refractivity contribution is -0.145. The van der Waals surface area contributed by atoms with E-state index in [0.29, 0.717) is 13.0 Å². The average Bonchev–Trinajstić information content (AvgIpc) is 2.92. The zero-order chi connectivity index (χ0) is 19.9. The molecular weight excluding hydrogens is 348 g/mol. The molecule has 0 unspecified atom stereocenters. The van der Waals surface area contributed by atoms with Gasteiger partial charge in [-0.3, -0.25) is 19.2 Å². The van der Waals surface area contributed by atoms with Crippen LogP contribution in [-0.2, 0) is 16.6 Å². The number of carbonyl (C=O) groups excluding carboxylic acids is 3. The maximum absolute atomic E-state index is 13.0. The summed E-state index contributed by atoms with van der Waals surface area (Å²) in [7, 11) is 4.95. The number of rotatable bonds is 3. The van der Waals surface area contributed by atoms with Crippen molar-refractivity contribution in [2.75, 3.05) is 33.7 Å². The van der Waals surface area contributed by atoms with Crippen LogP contribution in [-0.4, -0.2) is 76.8 Å². The third-order valence-corrected chi connectivity index (χ3v) is 5.67. The van der Waals surface area contributed by atoms with Crippen molar-refractivity contribution in [3.8, 4) is 0 Å². The van der Waals surface area contributed by atoms with Crippen LogP contribution in [0.3, 0.4) is 0 Å². The molecule has 1 aromatic heterocycles. The summed E-state index contributed by atoms with van der Waals surface area (Å²) in [5.41, 5.74) is 0.561. The van der Waals surface area contributed by atoms with E-state index in [2.05, 4.69) is 0 Å². The standard InChI is InChI=1S/C19H26N4O4/c1-12-5-8-15(18(26)21(12)4)19(27)22-9-13-6-7-14(10-22)23(17(13)25)11-16(24)20(2)3/h5,8,13-14H,6-7,9-11H2,1-4H3/t13-,14+/m1/s1. The molecule has 146 valence electrons. The third-order valence-electron chi connectivity index (χ3n) is 5.67. The van der Waals surface area contributed by atoms with E-state index in [9.17, 15) is 19.2 Å². The SMILES string of the molecule is Cc1ccc(C(=O)N2C[C@H]3CC[C@@H](C2)N(CC(=O)N(C)C)C3=O)c(=O)n1C. The fourth-order valence-electron chi connectivity index (χ4n) is 3.76. The molecule has 0 N–H and O–H groups in total.